The number of halogens is 4. The molecule has 2 saturated carbocycles. The van der Waals surface area contributed by atoms with Crippen molar-refractivity contribution in [1.29, 1.82) is 0 Å². The highest BCUT2D eigenvalue weighted by molar-refractivity contribution is 7.89. The van der Waals surface area contributed by atoms with Gasteiger partial charge in [-0.2, -0.15) is 4.72 Å². The number of fused-ring (bicyclic) bond motifs is 2. The number of nitrogens with two attached hydrogens (primary N) is 1. The van der Waals surface area contributed by atoms with Crippen LogP contribution in [0.25, 0.3) is 21.5 Å². The first-order valence-electron chi connectivity index (χ1n) is 15.3. The largest absolute Gasteiger partial charge is 0.465 e. The second-order valence-corrected chi connectivity index (χ2v) is 14.8. The molecule has 4 aromatic rings. The Kier molecular flexibility index (Phi) is 12.6. The van der Waals surface area contributed by atoms with E-state index in [1.54, 1.807) is 26.1 Å². The highest BCUT2D eigenvalue weighted by atomic mass is 35.5. The van der Waals surface area contributed by atoms with Gasteiger partial charge < -0.3 is 15.2 Å². The van der Waals surface area contributed by atoms with Gasteiger partial charge in [-0.25, -0.2) is 18.4 Å². The quantitative estimate of drug-likeness (QED) is 0.144. The van der Waals surface area contributed by atoms with Crippen molar-refractivity contribution in [3.8, 4) is 0 Å². The van der Waals surface area contributed by atoms with Gasteiger partial charge in [0, 0.05) is 33.9 Å². The van der Waals surface area contributed by atoms with Gasteiger partial charge in [-0.05, 0) is 77.5 Å². The highest BCUT2D eigenvalue weighted by Gasteiger charge is 2.48. The van der Waals surface area contributed by atoms with E-state index in [1.807, 2.05) is 25.1 Å². The Bertz CT molecular complexity index is 1930. The first-order valence-corrected chi connectivity index (χ1v) is 18.3. The summed E-state index contributed by atoms with van der Waals surface area (Å²) in [4.78, 5) is 31.1. The first kappa shape index (κ1) is 38.0. The number of aryl methyl sites for hydroxylation is 1. The number of ether oxygens (including phenoxy) is 2. The fourth-order valence-corrected chi connectivity index (χ4v) is 7.39. The summed E-state index contributed by atoms with van der Waals surface area (Å²) in [6.45, 7) is 6.10. The SMILES string of the molecule is CCOC(=O)C1(N)CCC1.CCOC(=O)C1(NS(=O)(=O)c2ccc3c(Cl)cnc(Cl)c3c2)CCC1.Cc1ccc2c(Cl)cnc(Cl)c2c1. The van der Waals surface area contributed by atoms with Crippen LogP contribution in [0.5, 0.6) is 0 Å². The van der Waals surface area contributed by atoms with Crippen molar-refractivity contribution >= 4 is 89.9 Å². The maximum atomic E-state index is 12.8. The third kappa shape index (κ3) is 8.50. The number of sulfonamides is 1. The van der Waals surface area contributed by atoms with Crippen molar-refractivity contribution < 1.29 is 27.5 Å². The van der Waals surface area contributed by atoms with Crippen LogP contribution in [0.1, 0.15) is 57.9 Å². The number of aromatic nitrogens is 2. The number of hydrogen-bond donors (Lipinski definition) is 2. The fraction of sp³-hybridized carbons (Fsp3) is 0.394. The van der Waals surface area contributed by atoms with E-state index < -0.39 is 27.1 Å². The number of pyridine rings is 2. The zero-order chi connectivity index (χ0) is 35.3. The van der Waals surface area contributed by atoms with E-state index in [9.17, 15) is 18.0 Å². The second-order valence-electron chi connectivity index (χ2n) is 11.5. The van der Waals surface area contributed by atoms with Crippen LogP contribution in [0.4, 0.5) is 0 Å². The van der Waals surface area contributed by atoms with Crippen molar-refractivity contribution in [2.75, 3.05) is 13.2 Å². The first-order chi connectivity index (χ1) is 22.7. The predicted octanol–water partition coefficient (Wildman–Crippen LogP) is 7.59. The summed E-state index contributed by atoms with van der Waals surface area (Å²) in [5, 5.41) is 4.56. The zero-order valence-corrected chi connectivity index (χ0v) is 30.5. The van der Waals surface area contributed by atoms with Crippen LogP contribution in [0.2, 0.25) is 20.4 Å². The predicted molar refractivity (Wildman–Crippen MR) is 189 cm³/mol. The minimum atomic E-state index is -3.94. The molecule has 0 spiro atoms. The number of carbonyl (C=O) groups is 2. The van der Waals surface area contributed by atoms with E-state index >= 15 is 0 Å². The van der Waals surface area contributed by atoms with E-state index in [2.05, 4.69) is 14.7 Å². The van der Waals surface area contributed by atoms with Gasteiger partial charge >= 0.3 is 11.9 Å². The molecule has 15 heteroatoms. The Morgan fingerprint density at radius 3 is 1.77 bits per heavy atom. The Morgan fingerprint density at radius 2 is 1.29 bits per heavy atom. The molecule has 2 aliphatic rings. The molecule has 0 bridgehead atoms. The molecule has 2 heterocycles. The van der Waals surface area contributed by atoms with Gasteiger partial charge in [0.2, 0.25) is 10.0 Å². The van der Waals surface area contributed by atoms with Crippen LogP contribution in [-0.4, -0.2) is 54.6 Å². The normalized spacial score (nSPS) is 15.9. The standard InChI is InChI=1S/C16H16Cl2N2O4S.C10H7Cl2N.C7H13NO2/c1-2-24-15(21)16(6-3-7-16)20-25(22,23)10-4-5-11-12(8-10)14(18)19-9-13(11)17;1-6-2-3-7-8(4-6)10(12)13-5-9(7)11;1-2-10-6(9)7(8)4-3-5-7/h4-5,8-9,20H,2-3,6-7H2,1H3;2-5H,1H3;2-5,8H2,1H3. The fourth-order valence-electron chi connectivity index (χ4n) is 5.11. The van der Waals surface area contributed by atoms with Gasteiger partial charge in [0.1, 0.15) is 21.4 Å². The zero-order valence-electron chi connectivity index (χ0n) is 26.6. The van der Waals surface area contributed by atoms with Crippen molar-refractivity contribution in [1.82, 2.24) is 14.7 Å². The number of carbonyl (C=O) groups excluding carboxylic acids is 2. The van der Waals surface area contributed by atoms with Crippen LogP contribution in [0, 0.1) is 6.92 Å². The summed E-state index contributed by atoms with van der Waals surface area (Å²) in [6.07, 6.45) is 7.17. The molecule has 0 unspecified atom stereocenters. The van der Waals surface area contributed by atoms with Crippen LogP contribution in [-0.2, 0) is 29.1 Å². The van der Waals surface area contributed by atoms with Gasteiger partial charge in [0.15, 0.2) is 0 Å². The molecule has 2 aliphatic carbocycles. The van der Waals surface area contributed by atoms with E-state index in [4.69, 9.17) is 61.6 Å². The topological polar surface area (TPSA) is 151 Å². The van der Waals surface area contributed by atoms with E-state index in [0.29, 0.717) is 45.4 Å². The maximum Gasteiger partial charge on any atom is 0.327 e. The van der Waals surface area contributed by atoms with Crippen molar-refractivity contribution in [3.05, 3.63) is 74.7 Å². The molecular weight excluding hydrogens is 722 g/mol. The average Bonchev–Trinajstić information content (AvgIpc) is 3.02. The molecule has 2 aromatic heterocycles. The van der Waals surface area contributed by atoms with Crippen LogP contribution >= 0.6 is 46.4 Å². The molecule has 2 aromatic carbocycles. The van der Waals surface area contributed by atoms with Gasteiger partial charge in [0.25, 0.3) is 0 Å². The minimum Gasteiger partial charge on any atom is -0.465 e. The molecule has 6 rings (SSSR count). The summed E-state index contributed by atoms with van der Waals surface area (Å²) < 4.78 is 37.9. The van der Waals surface area contributed by atoms with Crippen molar-refractivity contribution in [2.24, 2.45) is 5.73 Å². The highest BCUT2D eigenvalue weighted by Crippen LogP contribution is 2.36. The number of nitrogens with zero attached hydrogens (tertiary/aromatic N) is 2. The molecule has 2 fully saturated rings. The van der Waals surface area contributed by atoms with Gasteiger partial charge in [-0.3, -0.25) is 9.59 Å². The smallest absolute Gasteiger partial charge is 0.327 e. The Labute approximate surface area is 299 Å². The average molecular weight is 759 g/mol. The Balaban J connectivity index is 0.000000187. The molecular formula is C33H36Cl4N4O6S. The van der Waals surface area contributed by atoms with Gasteiger partial charge in [-0.1, -0.05) is 70.2 Å². The second kappa shape index (κ2) is 15.8. The van der Waals surface area contributed by atoms with E-state index in [0.717, 1.165) is 42.0 Å². The van der Waals surface area contributed by atoms with E-state index in [1.165, 1.54) is 18.3 Å². The lowest BCUT2D eigenvalue weighted by Crippen LogP contribution is -2.59. The van der Waals surface area contributed by atoms with Crippen molar-refractivity contribution in [3.63, 3.8) is 0 Å². The summed E-state index contributed by atoms with van der Waals surface area (Å²) in [5.41, 5.74) is 4.99. The summed E-state index contributed by atoms with van der Waals surface area (Å²) in [6, 6.07) is 10.3. The van der Waals surface area contributed by atoms with Crippen molar-refractivity contribution in [2.45, 2.75) is 75.3 Å². The lowest BCUT2D eigenvalue weighted by Gasteiger charge is -2.39. The summed E-state index contributed by atoms with van der Waals surface area (Å²) in [5.74, 6) is -0.783. The summed E-state index contributed by atoms with van der Waals surface area (Å²) >= 11 is 24.0. The minimum absolute atomic E-state index is 0.0125. The molecule has 0 amide bonds. The number of esters is 2. The molecule has 3 N–H and O–H groups in total. The van der Waals surface area contributed by atoms with Gasteiger partial charge in [-0.15, -0.1) is 0 Å². The molecule has 10 nitrogen and oxygen atoms in total. The maximum absolute atomic E-state index is 12.8. The third-order valence-electron chi connectivity index (χ3n) is 8.15. The lowest BCUT2D eigenvalue weighted by atomic mass is 9.78. The number of hydrogen-bond acceptors (Lipinski definition) is 9. The molecule has 0 radical (unpaired) electrons. The van der Waals surface area contributed by atoms with Gasteiger partial charge in [0.05, 0.1) is 28.2 Å². The summed E-state index contributed by atoms with van der Waals surface area (Å²) in [7, 11) is -3.94. The third-order valence-corrected chi connectivity index (χ3v) is 10.9. The van der Waals surface area contributed by atoms with E-state index in [-0.39, 0.29) is 22.6 Å². The van der Waals surface area contributed by atoms with Crippen LogP contribution in [0.15, 0.2) is 53.7 Å². The van der Waals surface area contributed by atoms with Crippen LogP contribution < -0.4 is 10.5 Å². The molecule has 0 aliphatic heterocycles. The Hall–Kier alpha value is -2.77. The monoisotopic (exact) mass is 756 g/mol. The number of rotatable bonds is 7. The Morgan fingerprint density at radius 1 is 0.792 bits per heavy atom. The van der Waals surface area contributed by atoms with Crippen LogP contribution in [0.3, 0.4) is 0 Å². The molecule has 48 heavy (non-hydrogen) atoms. The lowest BCUT2D eigenvalue weighted by molar-refractivity contribution is -0.154. The molecule has 0 atom stereocenters. The molecule has 0 saturated heterocycles. The molecule has 258 valence electrons. The number of nitrogens with one attached hydrogen (secondary N) is 1. The number of benzene rings is 2.